The number of anilines is 2. The average molecular weight is 262 g/mol. The lowest BCUT2D eigenvalue weighted by Gasteiger charge is -2.10. The minimum Gasteiger partial charge on any atom is -0.475 e. The Balaban J connectivity index is 2.41. The maximum absolute atomic E-state index is 8.59. The van der Waals surface area contributed by atoms with Gasteiger partial charge in [0, 0.05) is 0 Å². The highest BCUT2D eigenvalue weighted by atomic mass is 31.2. The Hall–Kier alpha value is -1.21. The molecule has 0 aliphatic heterocycles. The van der Waals surface area contributed by atoms with Crippen molar-refractivity contribution in [3.63, 3.8) is 0 Å². The molecule has 0 unspecified atom stereocenters. The fraction of sp³-hybridized carbons (Fsp3) is 0.500. The van der Waals surface area contributed by atoms with Gasteiger partial charge in [-0.2, -0.15) is 9.97 Å². The lowest BCUT2D eigenvalue weighted by Crippen LogP contribution is -2.11. The minimum atomic E-state index is -2.03. The van der Waals surface area contributed by atoms with Crippen molar-refractivity contribution in [2.24, 2.45) is 0 Å². The summed E-state index contributed by atoms with van der Waals surface area (Å²) in [6, 6.07) is 0. The van der Waals surface area contributed by atoms with Gasteiger partial charge in [-0.25, -0.2) is 0 Å². The van der Waals surface area contributed by atoms with Gasteiger partial charge < -0.3 is 30.7 Å². The molecule has 0 fully saturated rings. The van der Waals surface area contributed by atoms with Crippen LogP contribution >= 0.6 is 8.38 Å². The summed E-state index contributed by atoms with van der Waals surface area (Å²) in [5.74, 6) is 0.606. The molecule has 1 heterocycles. The number of aromatic nitrogens is 2. The van der Waals surface area contributed by atoms with Crippen molar-refractivity contribution in [1.29, 1.82) is 0 Å². The average Bonchev–Trinajstić information content (AvgIpc) is 2.23. The van der Waals surface area contributed by atoms with Crippen LogP contribution in [0.25, 0.3) is 0 Å². The van der Waals surface area contributed by atoms with E-state index in [4.69, 9.17) is 30.7 Å². The molecule has 96 valence electrons. The summed E-state index contributed by atoms with van der Waals surface area (Å²) in [5.41, 5.74) is 11.6. The first-order valence-corrected chi connectivity index (χ1v) is 6.19. The van der Waals surface area contributed by atoms with Crippen LogP contribution in [-0.4, -0.2) is 39.3 Å². The van der Waals surface area contributed by atoms with Gasteiger partial charge in [0.05, 0.1) is 12.2 Å². The smallest absolute Gasteiger partial charge is 0.225 e. The van der Waals surface area contributed by atoms with Crippen LogP contribution in [0.15, 0.2) is 0 Å². The first-order valence-electron chi connectivity index (χ1n) is 4.76. The molecule has 6 N–H and O–H groups in total. The van der Waals surface area contributed by atoms with E-state index in [2.05, 4.69) is 9.97 Å². The highest BCUT2D eigenvalue weighted by Gasteiger charge is 2.08. The second-order valence-corrected chi connectivity index (χ2v) is 4.16. The molecule has 0 amide bonds. The SMILES string of the molecule is Cc1c(N)nc(N)nc1OCCOCP(O)O. The zero-order chi connectivity index (χ0) is 12.8. The predicted molar refractivity (Wildman–Crippen MR) is 63.3 cm³/mol. The zero-order valence-electron chi connectivity index (χ0n) is 9.33. The molecule has 1 rings (SSSR count). The van der Waals surface area contributed by atoms with Crippen molar-refractivity contribution < 1.29 is 19.3 Å². The topological polar surface area (TPSA) is 137 Å². The van der Waals surface area contributed by atoms with Crippen LogP contribution in [0.1, 0.15) is 5.56 Å². The predicted octanol–water partition coefficient (Wildman–Crippen LogP) is -0.401. The third-order valence-corrected chi connectivity index (χ3v) is 2.24. The van der Waals surface area contributed by atoms with E-state index in [9.17, 15) is 0 Å². The molecular weight excluding hydrogens is 247 g/mol. The number of nitrogens with two attached hydrogens (primary N) is 2. The molecule has 0 aromatic carbocycles. The maximum Gasteiger partial charge on any atom is 0.225 e. The molecule has 0 saturated carbocycles. The van der Waals surface area contributed by atoms with Crippen LogP contribution in [0.3, 0.4) is 0 Å². The second kappa shape index (κ2) is 6.51. The van der Waals surface area contributed by atoms with Gasteiger partial charge in [-0.1, -0.05) is 0 Å². The molecule has 0 radical (unpaired) electrons. The normalized spacial score (nSPS) is 10.8. The number of nitrogens with zero attached hydrogens (tertiary/aromatic N) is 2. The summed E-state index contributed by atoms with van der Waals surface area (Å²) >= 11 is 0. The van der Waals surface area contributed by atoms with E-state index in [1.165, 1.54) is 0 Å². The molecule has 1 aromatic rings. The van der Waals surface area contributed by atoms with Crippen LogP contribution < -0.4 is 16.2 Å². The molecule has 0 aliphatic carbocycles. The van der Waals surface area contributed by atoms with Gasteiger partial charge in [-0.15, -0.1) is 0 Å². The largest absolute Gasteiger partial charge is 0.475 e. The summed E-state index contributed by atoms with van der Waals surface area (Å²) in [5, 5.41) is 0. The first kappa shape index (κ1) is 13.9. The van der Waals surface area contributed by atoms with E-state index in [-0.39, 0.29) is 31.3 Å². The molecule has 8 nitrogen and oxygen atoms in total. The lowest BCUT2D eigenvalue weighted by molar-refractivity contribution is 0.123. The minimum absolute atomic E-state index is 0.0401. The van der Waals surface area contributed by atoms with E-state index in [1.807, 2.05) is 0 Å². The van der Waals surface area contributed by atoms with Gasteiger partial charge in [0.1, 0.15) is 18.8 Å². The second-order valence-electron chi connectivity index (χ2n) is 3.16. The van der Waals surface area contributed by atoms with Gasteiger partial charge in [-0.05, 0) is 6.92 Å². The summed E-state index contributed by atoms with van der Waals surface area (Å²) < 4.78 is 10.2. The Morgan fingerprint density at radius 3 is 2.59 bits per heavy atom. The maximum atomic E-state index is 8.59. The highest BCUT2D eigenvalue weighted by molar-refractivity contribution is 7.44. The molecule has 0 saturated heterocycles. The molecule has 0 aliphatic rings. The summed E-state index contributed by atoms with van der Waals surface area (Å²) in [6.45, 7) is 2.13. The molecular formula is C8H15N4O4P. The van der Waals surface area contributed by atoms with Crippen molar-refractivity contribution >= 4 is 20.1 Å². The first-order chi connectivity index (χ1) is 8.00. The van der Waals surface area contributed by atoms with Crippen molar-refractivity contribution in [1.82, 2.24) is 9.97 Å². The zero-order valence-corrected chi connectivity index (χ0v) is 10.2. The van der Waals surface area contributed by atoms with Gasteiger partial charge in [-0.3, -0.25) is 0 Å². The van der Waals surface area contributed by atoms with Gasteiger partial charge >= 0.3 is 0 Å². The third kappa shape index (κ3) is 4.66. The Morgan fingerprint density at radius 1 is 1.24 bits per heavy atom. The summed E-state index contributed by atoms with van der Waals surface area (Å²) in [4.78, 5) is 24.8. The van der Waals surface area contributed by atoms with E-state index in [0.717, 1.165) is 0 Å². The highest BCUT2D eigenvalue weighted by Crippen LogP contribution is 2.22. The van der Waals surface area contributed by atoms with Crippen LogP contribution in [-0.2, 0) is 4.74 Å². The Kier molecular flexibility index (Phi) is 5.30. The number of ether oxygens (including phenoxy) is 2. The Labute approximate surface area is 99.5 Å². The van der Waals surface area contributed by atoms with Crippen molar-refractivity contribution in [2.75, 3.05) is 31.0 Å². The molecule has 9 heteroatoms. The number of hydrogen-bond donors (Lipinski definition) is 4. The van der Waals surface area contributed by atoms with Gasteiger partial charge in [0.25, 0.3) is 0 Å². The van der Waals surface area contributed by atoms with Crippen molar-refractivity contribution in [2.45, 2.75) is 6.92 Å². The Bertz CT molecular complexity index is 377. The fourth-order valence-electron chi connectivity index (χ4n) is 1.01. The Morgan fingerprint density at radius 2 is 1.94 bits per heavy atom. The van der Waals surface area contributed by atoms with E-state index in [1.54, 1.807) is 6.92 Å². The molecule has 0 spiro atoms. The van der Waals surface area contributed by atoms with Gasteiger partial charge in [0.2, 0.25) is 11.8 Å². The summed E-state index contributed by atoms with van der Waals surface area (Å²) in [7, 11) is -2.03. The third-order valence-electron chi connectivity index (χ3n) is 1.83. The van der Waals surface area contributed by atoms with Crippen LogP contribution in [0.2, 0.25) is 0 Å². The van der Waals surface area contributed by atoms with Crippen molar-refractivity contribution in [3.8, 4) is 5.88 Å². The lowest BCUT2D eigenvalue weighted by atomic mass is 10.3. The number of rotatable bonds is 6. The standard InChI is InChI=1S/C8H15N4O4P/c1-5-6(9)11-8(10)12-7(5)16-3-2-15-4-17(13)14/h13-14H,2-4H2,1H3,(H4,9,10,11,12). The number of hydrogen-bond acceptors (Lipinski definition) is 8. The molecule has 17 heavy (non-hydrogen) atoms. The summed E-state index contributed by atoms with van der Waals surface area (Å²) in [6.07, 6.45) is -0.105. The van der Waals surface area contributed by atoms with Crippen LogP contribution in [0, 0.1) is 6.92 Å². The van der Waals surface area contributed by atoms with Crippen molar-refractivity contribution in [3.05, 3.63) is 5.56 Å². The van der Waals surface area contributed by atoms with E-state index in [0.29, 0.717) is 11.4 Å². The molecule has 1 aromatic heterocycles. The fourth-order valence-corrected chi connectivity index (χ4v) is 1.31. The van der Waals surface area contributed by atoms with Crippen LogP contribution in [0.4, 0.5) is 11.8 Å². The van der Waals surface area contributed by atoms with E-state index < -0.39 is 8.38 Å². The number of nitrogen functional groups attached to an aromatic ring is 2. The quantitative estimate of drug-likeness (QED) is 0.401. The molecule has 0 atom stereocenters. The van der Waals surface area contributed by atoms with E-state index >= 15 is 0 Å². The van der Waals surface area contributed by atoms with Crippen LogP contribution in [0.5, 0.6) is 5.88 Å². The monoisotopic (exact) mass is 262 g/mol. The van der Waals surface area contributed by atoms with Gasteiger partial charge in [0.15, 0.2) is 8.38 Å². The molecule has 0 bridgehead atoms.